The number of carbonyl (C=O) groups is 2. The van der Waals surface area contributed by atoms with Crippen molar-refractivity contribution in [2.75, 3.05) is 26.2 Å². The monoisotopic (exact) mass is 391 g/mol. The first-order valence-corrected chi connectivity index (χ1v) is 9.58. The number of nitrogens with zero attached hydrogens (tertiary/aromatic N) is 5. The van der Waals surface area contributed by atoms with E-state index in [1.54, 1.807) is 46.2 Å². The van der Waals surface area contributed by atoms with E-state index in [0.717, 1.165) is 0 Å². The first-order chi connectivity index (χ1) is 14.1. The van der Waals surface area contributed by atoms with Gasteiger partial charge in [-0.1, -0.05) is 35.5 Å². The molecule has 2 aromatic carbocycles. The van der Waals surface area contributed by atoms with Crippen LogP contribution in [0.2, 0.25) is 0 Å². The van der Waals surface area contributed by atoms with Crippen molar-refractivity contribution in [1.29, 1.82) is 0 Å². The molecule has 1 aliphatic rings. The van der Waals surface area contributed by atoms with Crippen molar-refractivity contribution in [3.8, 4) is 0 Å². The van der Waals surface area contributed by atoms with Crippen molar-refractivity contribution >= 4 is 22.7 Å². The molecular weight excluding hydrogens is 370 g/mol. The van der Waals surface area contributed by atoms with Crippen LogP contribution in [0.4, 0.5) is 0 Å². The van der Waals surface area contributed by atoms with E-state index in [9.17, 15) is 14.4 Å². The predicted molar refractivity (Wildman–Crippen MR) is 107 cm³/mol. The summed E-state index contributed by atoms with van der Waals surface area (Å²) in [5.41, 5.74) is 0.947. The van der Waals surface area contributed by atoms with Crippen molar-refractivity contribution in [1.82, 2.24) is 24.8 Å². The first-order valence-electron chi connectivity index (χ1n) is 9.58. The van der Waals surface area contributed by atoms with Crippen LogP contribution in [-0.2, 0) is 11.3 Å². The maximum Gasteiger partial charge on any atom is 0.277 e. The highest BCUT2D eigenvalue weighted by Crippen LogP contribution is 2.10. The van der Waals surface area contributed by atoms with Gasteiger partial charge in [0.1, 0.15) is 5.52 Å². The van der Waals surface area contributed by atoms with Crippen LogP contribution in [0.3, 0.4) is 0 Å². The minimum Gasteiger partial charge on any atom is -0.339 e. The van der Waals surface area contributed by atoms with Gasteiger partial charge < -0.3 is 9.80 Å². The topological polar surface area (TPSA) is 88.4 Å². The molecule has 1 fully saturated rings. The molecule has 148 valence electrons. The molecule has 8 nitrogen and oxygen atoms in total. The van der Waals surface area contributed by atoms with Gasteiger partial charge in [-0.05, 0) is 24.3 Å². The van der Waals surface area contributed by atoms with Crippen LogP contribution in [0, 0.1) is 0 Å². The fourth-order valence-electron chi connectivity index (χ4n) is 3.45. The molecule has 0 aliphatic carbocycles. The molecular formula is C21H21N5O3. The SMILES string of the molecule is O=C(CCn1nnc2ccccc2c1=O)N1CCN(C(=O)c2ccccc2)CC1. The molecule has 1 aliphatic heterocycles. The largest absolute Gasteiger partial charge is 0.339 e. The highest BCUT2D eigenvalue weighted by molar-refractivity contribution is 5.94. The Morgan fingerprint density at radius 1 is 0.862 bits per heavy atom. The lowest BCUT2D eigenvalue weighted by atomic mass is 10.2. The number of piperazine rings is 1. The van der Waals surface area contributed by atoms with E-state index in [2.05, 4.69) is 10.3 Å². The summed E-state index contributed by atoms with van der Waals surface area (Å²) < 4.78 is 1.23. The van der Waals surface area contributed by atoms with E-state index in [-0.39, 0.29) is 30.3 Å². The van der Waals surface area contributed by atoms with Crippen LogP contribution in [0.1, 0.15) is 16.8 Å². The molecule has 8 heteroatoms. The second kappa shape index (κ2) is 8.22. The summed E-state index contributed by atoms with van der Waals surface area (Å²) >= 11 is 0. The van der Waals surface area contributed by atoms with Gasteiger partial charge in [0, 0.05) is 38.2 Å². The third-order valence-electron chi connectivity index (χ3n) is 5.11. The zero-order chi connectivity index (χ0) is 20.2. The summed E-state index contributed by atoms with van der Waals surface area (Å²) in [5.74, 6) is -0.0747. The molecule has 1 aromatic heterocycles. The Balaban J connectivity index is 1.33. The number of aryl methyl sites for hydroxylation is 1. The van der Waals surface area contributed by atoms with Gasteiger partial charge in [0.05, 0.1) is 11.9 Å². The van der Waals surface area contributed by atoms with Crippen LogP contribution in [0.25, 0.3) is 10.9 Å². The number of carbonyl (C=O) groups excluding carboxylic acids is 2. The molecule has 3 aromatic rings. The average molecular weight is 391 g/mol. The molecule has 0 bridgehead atoms. The Hall–Kier alpha value is -3.55. The highest BCUT2D eigenvalue weighted by atomic mass is 16.2. The lowest BCUT2D eigenvalue weighted by Crippen LogP contribution is -2.50. The van der Waals surface area contributed by atoms with Crippen molar-refractivity contribution in [2.45, 2.75) is 13.0 Å². The minimum absolute atomic E-state index is 0.0179. The Morgan fingerprint density at radius 2 is 1.52 bits per heavy atom. The van der Waals surface area contributed by atoms with E-state index >= 15 is 0 Å². The minimum atomic E-state index is -0.248. The fourth-order valence-corrected chi connectivity index (χ4v) is 3.45. The van der Waals surface area contributed by atoms with Gasteiger partial charge in [-0.25, -0.2) is 4.68 Å². The Kier molecular flexibility index (Phi) is 5.33. The van der Waals surface area contributed by atoms with Crippen LogP contribution in [-0.4, -0.2) is 62.8 Å². The van der Waals surface area contributed by atoms with Crippen LogP contribution in [0.5, 0.6) is 0 Å². The van der Waals surface area contributed by atoms with Gasteiger partial charge in [-0.3, -0.25) is 14.4 Å². The van der Waals surface area contributed by atoms with E-state index in [4.69, 9.17) is 0 Å². The van der Waals surface area contributed by atoms with Gasteiger partial charge in [-0.2, -0.15) is 0 Å². The number of rotatable bonds is 4. The molecule has 4 rings (SSSR count). The Bertz CT molecular complexity index is 1090. The van der Waals surface area contributed by atoms with Crippen LogP contribution in [0.15, 0.2) is 59.4 Å². The standard InChI is InChI=1S/C21H21N5O3/c27-19(10-11-26-21(29)17-8-4-5-9-18(17)22-23-26)24-12-14-25(15-13-24)20(28)16-6-2-1-3-7-16/h1-9H,10-15H2. The maximum atomic E-state index is 12.6. The quantitative estimate of drug-likeness (QED) is 0.666. The summed E-state index contributed by atoms with van der Waals surface area (Å²) in [6, 6.07) is 16.1. The first kappa shape index (κ1) is 18.8. The fraction of sp³-hybridized carbons (Fsp3) is 0.286. The maximum absolute atomic E-state index is 12.6. The van der Waals surface area contributed by atoms with Crippen LogP contribution < -0.4 is 5.56 Å². The molecule has 0 atom stereocenters. The van der Waals surface area contributed by atoms with E-state index in [0.29, 0.717) is 42.6 Å². The summed E-state index contributed by atoms with van der Waals surface area (Å²) in [6.07, 6.45) is 0.166. The summed E-state index contributed by atoms with van der Waals surface area (Å²) in [4.78, 5) is 41.0. The molecule has 2 heterocycles. The Labute approximate surface area is 167 Å². The summed E-state index contributed by atoms with van der Waals surface area (Å²) in [5, 5.41) is 8.45. The molecule has 0 unspecified atom stereocenters. The smallest absolute Gasteiger partial charge is 0.277 e. The average Bonchev–Trinajstić information content (AvgIpc) is 2.79. The molecule has 0 radical (unpaired) electrons. The highest BCUT2D eigenvalue weighted by Gasteiger charge is 2.24. The number of hydrogen-bond donors (Lipinski definition) is 0. The molecule has 0 spiro atoms. The second-order valence-electron chi connectivity index (χ2n) is 6.92. The Morgan fingerprint density at radius 3 is 2.28 bits per heavy atom. The van der Waals surface area contributed by atoms with Gasteiger partial charge in [-0.15, -0.1) is 5.10 Å². The molecule has 29 heavy (non-hydrogen) atoms. The third kappa shape index (κ3) is 4.01. The number of hydrogen-bond acceptors (Lipinski definition) is 5. The third-order valence-corrected chi connectivity index (χ3v) is 5.11. The lowest BCUT2D eigenvalue weighted by Gasteiger charge is -2.34. The molecule has 1 saturated heterocycles. The number of aromatic nitrogens is 3. The summed E-state index contributed by atoms with van der Waals surface area (Å²) in [6.45, 7) is 2.13. The van der Waals surface area contributed by atoms with Gasteiger partial charge >= 0.3 is 0 Å². The molecule has 0 saturated carbocycles. The zero-order valence-electron chi connectivity index (χ0n) is 15.9. The number of fused-ring (bicyclic) bond motifs is 1. The van der Waals surface area contributed by atoms with Crippen molar-refractivity contribution in [3.63, 3.8) is 0 Å². The van der Waals surface area contributed by atoms with Crippen LogP contribution >= 0.6 is 0 Å². The predicted octanol–water partition coefficient (Wildman–Crippen LogP) is 1.17. The molecule has 0 N–H and O–H groups in total. The van der Waals surface area contributed by atoms with E-state index < -0.39 is 0 Å². The second-order valence-corrected chi connectivity index (χ2v) is 6.92. The van der Waals surface area contributed by atoms with Crippen molar-refractivity contribution in [3.05, 3.63) is 70.5 Å². The van der Waals surface area contributed by atoms with Crippen molar-refractivity contribution < 1.29 is 9.59 Å². The van der Waals surface area contributed by atoms with Gasteiger partial charge in [0.15, 0.2) is 0 Å². The van der Waals surface area contributed by atoms with E-state index in [1.165, 1.54) is 4.68 Å². The number of benzene rings is 2. The summed E-state index contributed by atoms with van der Waals surface area (Å²) in [7, 11) is 0. The lowest BCUT2D eigenvalue weighted by molar-refractivity contribution is -0.133. The normalized spacial score (nSPS) is 14.2. The number of amides is 2. The van der Waals surface area contributed by atoms with Crippen molar-refractivity contribution in [2.24, 2.45) is 0 Å². The van der Waals surface area contributed by atoms with E-state index in [1.807, 2.05) is 18.2 Å². The van der Waals surface area contributed by atoms with Gasteiger partial charge in [0.2, 0.25) is 5.91 Å². The zero-order valence-corrected chi connectivity index (χ0v) is 15.9. The van der Waals surface area contributed by atoms with Gasteiger partial charge in [0.25, 0.3) is 11.5 Å². The molecule has 2 amide bonds.